The highest BCUT2D eigenvalue weighted by Gasteiger charge is 2.18. The fourth-order valence-corrected chi connectivity index (χ4v) is 3.55. The van der Waals surface area contributed by atoms with Crippen molar-refractivity contribution in [2.75, 3.05) is 6.54 Å². The van der Waals surface area contributed by atoms with E-state index in [1.165, 1.54) is 11.3 Å². The molecule has 3 heterocycles. The summed E-state index contributed by atoms with van der Waals surface area (Å²) in [6.45, 7) is 8.09. The fraction of sp³-hybridized carbons (Fsp3) is 0.353. The molecule has 0 radical (unpaired) electrons. The van der Waals surface area contributed by atoms with E-state index in [9.17, 15) is 4.79 Å². The van der Waals surface area contributed by atoms with Gasteiger partial charge >= 0.3 is 0 Å². The second kappa shape index (κ2) is 7.10. The summed E-state index contributed by atoms with van der Waals surface area (Å²) >= 11 is 1.38. The number of nitrogens with one attached hydrogen (secondary N) is 1. The minimum atomic E-state index is -0.119. The maximum atomic E-state index is 12.5. The quantitative estimate of drug-likeness (QED) is 0.760. The molecule has 1 N–H and O–H groups in total. The average Bonchev–Trinajstić information content (AvgIpc) is 3.15. The Morgan fingerprint density at radius 2 is 2.12 bits per heavy atom. The number of pyridine rings is 1. The summed E-state index contributed by atoms with van der Waals surface area (Å²) in [4.78, 5) is 26.0. The minimum absolute atomic E-state index is 0.0242. The lowest BCUT2D eigenvalue weighted by Crippen LogP contribution is -2.30. The summed E-state index contributed by atoms with van der Waals surface area (Å²) in [7, 11) is 0. The standard InChI is InChI=1S/C17H20N6OS/c1-10(23-13(4)21-12(3)22-23)8-19-16(24)15-11(2)20-17(25-15)14-6-5-7-18-9-14/h5-7,9-10H,8H2,1-4H3,(H,19,24). The number of aryl methyl sites for hydroxylation is 3. The lowest BCUT2D eigenvalue weighted by atomic mass is 10.3. The third kappa shape index (κ3) is 3.74. The van der Waals surface area contributed by atoms with Crippen LogP contribution in [0.4, 0.5) is 0 Å². The van der Waals surface area contributed by atoms with Gasteiger partial charge in [-0.25, -0.2) is 14.6 Å². The molecule has 0 fully saturated rings. The monoisotopic (exact) mass is 356 g/mol. The highest BCUT2D eigenvalue weighted by molar-refractivity contribution is 7.17. The van der Waals surface area contributed by atoms with Crippen LogP contribution in [-0.2, 0) is 0 Å². The van der Waals surface area contributed by atoms with E-state index in [0.29, 0.717) is 11.4 Å². The van der Waals surface area contributed by atoms with E-state index >= 15 is 0 Å². The zero-order valence-electron chi connectivity index (χ0n) is 14.6. The molecule has 8 heteroatoms. The molecule has 0 aromatic carbocycles. The highest BCUT2D eigenvalue weighted by atomic mass is 32.1. The first-order chi connectivity index (χ1) is 12.0. The summed E-state index contributed by atoms with van der Waals surface area (Å²) in [5.41, 5.74) is 1.64. The second-order valence-corrected chi connectivity index (χ2v) is 6.88. The predicted octanol–water partition coefficient (Wildman–Crippen LogP) is 2.71. The van der Waals surface area contributed by atoms with E-state index in [1.807, 2.05) is 44.5 Å². The zero-order chi connectivity index (χ0) is 18.0. The second-order valence-electron chi connectivity index (χ2n) is 5.89. The number of carbonyl (C=O) groups is 1. The van der Waals surface area contributed by atoms with Gasteiger partial charge in [0.2, 0.25) is 0 Å². The van der Waals surface area contributed by atoms with E-state index in [1.54, 1.807) is 12.4 Å². The number of hydrogen-bond acceptors (Lipinski definition) is 6. The smallest absolute Gasteiger partial charge is 0.263 e. The number of aromatic nitrogens is 5. The molecule has 3 aromatic heterocycles. The van der Waals surface area contributed by atoms with Crippen LogP contribution in [0.25, 0.3) is 10.6 Å². The number of carbonyl (C=O) groups excluding carboxylic acids is 1. The molecule has 1 atom stereocenters. The maximum absolute atomic E-state index is 12.5. The van der Waals surface area contributed by atoms with Crippen molar-refractivity contribution in [1.29, 1.82) is 0 Å². The van der Waals surface area contributed by atoms with Crippen LogP contribution in [0.2, 0.25) is 0 Å². The number of nitrogens with zero attached hydrogens (tertiary/aromatic N) is 5. The van der Waals surface area contributed by atoms with Gasteiger partial charge in [-0.1, -0.05) is 0 Å². The molecule has 130 valence electrons. The molecule has 0 spiro atoms. The normalized spacial score (nSPS) is 12.2. The van der Waals surface area contributed by atoms with Crippen LogP contribution < -0.4 is 5.32 Å². The van der Waals surface area contributed by atoms with E-state index in [4.69, 9.17) is 0 Å². The van der Waals surface area contributed by atoms with Crippen LogP contribution in [0.15, 0.2) is 24.5 Å². The minimum Gasteiger partial charge on any atom is -0.349 e. The van der Waals surface area contributed by atoms with Crippen molar-refractivity contribution in [2.24, 2.45) is 0 Å². The Morgan fingerprint density at radius 1 is 1.32 bits per heavy atom. The van der Waals surface area contributed by atoms with Crippen LogP contribution in [0.3, 0.4) is 0 Å². The van der Waals surface area contributed by atoms with Gasteiger partial charge < -0.3 is 5.32 Å². The van der Waals surface area contributed by atoms with Gasteiger partial charge in [0, 0.05) is 24.5 Å². The van der Waals surface area contributed by atoms with E-state index in [0.717, 1.165) is 27.9 Å². The van der Waals surface area contributed by atoms with Gasteiger partial charge in [-0.05, 0) is 39.8 Å². The first-order valence-electron chi connectivity index (χ1n) is 8.01. The van der Waals surface area contributed by atoms with Crippen LogP contribution in [0.5, 0.6) is 0 Å². The highest BCUT2D eigenvalue weighted by Crippen LogP contribution is 2.27. The SMILES string of the molecule is Cc1nc(C)n(C(C)CNC(=O)c2sc(-c3cccnc3)nc2C)n1. The van der Waals surface area contributed by atoms with Gasteiger partial charge in [-0.15, -0.1) is 11.3 Å². The molecule has 0 aliphatic carbocycles. The molecule has 0 aliphatic rings. The molecule has 0 saturated heterocycles. The van der Waals surface area contributed by atoms with Crippen molar-refractivity contribution in [2.45, 2.75) is 33.7 Å². The first kappa shape index (κ1) is 17.2. The molecule has 0 saturated carbocycles. The summed E-state index contributed by atoms with van der Waals surface area (Å²) in [6, 6.07) is 3.82. The Bertz CT molecular complexity index is 886. The number of hydrogen-bond donors (Lipinski definition) is 1. The summed E-state index contributed by atoms with van der Waals surface area (Å²) in [6.07, 6.45) is 3.46. The van der Waals surface area contributed by atoms with Crippen molar-refractivity contribution in [3.8, 4) is 10.6 Å². The molecule has 0 aliphatic heterocycles. The van der Waals surface area contributed by atoms with E-state index in [2.05, 4.69) is 25.4 Å². The van der Waals surface area contributed by atoms with Crippen molar-refractivity contribution in [3.05, 3.63) is 46.7 Å². The summed E-state index contributed by atoms with van der Waals surface area (Å²) in [5, 5.41) is 8.12. The van der Waals surface area contributed by atoms with Gasteiger partial charge in [0.1, 0.15) is 21.5 Å². The van der Waals surface area contributed by atoms with Crippen molar-refractivity contribution < 1.29 is 4.79 Å². The molecule has 25 heavy (non-hydrogen) atoms. The van der Waals surface area contributed by atoms with E-state index < -0.39 is 0 Å². The van der Waals surface area contributed by atoms with Gasteiger partial charge in [0.15, 0.2) is 0 Å². The third-order valence-electron chi connectivity index (χ3n) is 3.79. The lowest BCUT2D eigenvalue weighted by Gasteiger charge is -2.14. The van der Waals surface area contributed by atoms with Gasteiger partial charge in [0.25, 0.3) is 5.91 Å². The van der Waals surface area contributed by atoms with Gasteiger partial charge in [0.05, 0.1) is 11.7 Å². The van der Waals surface area contributed by atoms with Crippen LogP contribution >= 0.6 is 11.3 Å². The Morgan fingerprint density at radius 3 is 2.76 bits per heavy atom. The number of thiazole rings is 1. The molecular formula is C17H20N6OS. The van der Waals surface area contributed by atoms with Crippen molar-refractivity contribution in [3.63, 3.8) is 0 Å². The Kier molecular flexibility index (Phi) is 4.89. The van der Waals surface area contributed by atoms with Crippen LogP contribution in [0, 0.1) is 20.8 Å². The maximum Gasteiger partial charge on any atom is 0.263 e. The topological polar surface area (TPSA) is 85.6 Å². The average molecular weight is 356 g/mol. The molecule has 3 rings (SSSR count). The molecule has 3 aromatic rings. The number of amides is 1. The largest absolute Gasteiger partial charge is 0.349 e. The van der Waals surface area contributed by atoms with Gasteiger partial charge in [-0.2, -0.15) is 5.10 Å². The Balaban J connectivity index is 1.69. The van der Waals surface area contributed by atoms with Crippen LogP contribution in [0.1, 0.15) is 40.0 Å². The number of rotatable bonds is 5. The van der Waals surface area contributed by atoms with Crippen LogP contribution in [-0.4, -0.2) is 37.2 Å². The molecule has 0 bridgehead atoms. The Labute approximate surface area is 150 Å². The zero-order valence-corrected chi connectivity index (χ0v) is 15.5. The lowest BCUT2D eigenvalue weighted by molar-refractivity contribution is 0.0951. The fourth-order valence-electron chi connectivity index (χ4n) is 2.58. The Hall–Kier alpha value is -2.61. The molecule has 1 unspecified atom stereocenters. The summed E-state index contributed by atoms with van der Waals surface area (Å²) in [5.74, 6) is 1.45. The van der Waals surface area contributed by atoms with E-state index in [-0.39, 0.29) is 11.9 Å². The van der Waals surface area contributed by atoms with Gasteiger partial charge in [-0.3, -0.25) is 9.78 Å². The predicted molar refractivity (Wildman–Crippen MR) is 96.6 cm³/mol. The molecule has 1 amide bonds. The molecular weight excluding hydrogens is 336 g/mol. The van der Waals surface area contributed by atoms with Crippen molar-refractivity contribution in [1.82, 2.24) is 30.0 Å². The summed E-state index contributed by atoms with van der Waals surface area (Å²) < 4.78 is 1.83. The molecule has 7 nitrogen and oxygen atoms in total. The van der Waals surface area contributed by atoms with Crippen molar-refractivity contribution >= 4 is 17.2 Å². The third-order valence-corrected chi connectivity index (χ3v) is 5.00. The first-order valence-corrected chi connectivity index (χ1v) is 8.83.